The first kappa shape index (κ1) is 9.44. The number of ether oxygens (including phenoxy) is 2. The summed E-state index contributed by atoms with van der Waals surface area (Å²) in [5.74, 6) is 0.354. The molecule has 1 heterocycles. The highest BCUT2D eigenvalue weighted by Gasteiger charge is 2.39. The van der Waals surface area contributed by atoms with E-state index < -0.39 is 0 Å². The average Bonchev–Trinajstić information content (AvgIpc) is 2.19. The molecular formula is C10H19NO2. The highest BCUT2D eigenvalue weighted by atomic mass is 16.7. The lowest BCUT2D eigenvalue weighted by atomic mass is 9.84. The Balaban J connectivity index is 1.95. The van der Waals surface area contributed by atoms with Gasteiger partial charge in [0.2, 0.25) is 0 Å². The molecule has 0 radical (unpaired) electrons. The largest absolute Gasteiger partial charge is 0.350 e. The molecule has 2 aliphatic rings. The molecule has 1 aliphatic heterocycles. The molecule has 0 bridgehead atoms. The zero-order chi connectivity index (χ0) is 9.15. The quantitative estimate of drug-likeness (QED) is 0.669. The molecule has 76 valence electrons. The zero-order valence-corrected chi connectivity index (χ0v) is 8.13. The fraction of sp³-hybridized carbons (Fsp3) is 1.00. The summed E-state index contributed by atoms with van der Waals surface area (Å²) in [4.78, 5) is 0. The van der Waals surface area contributed by atoms with Gasteiger partial charge in [0.15, 0.2) is 5.79 Å². The molecule has 13 heavy (non-hydrogen) atoms. The van der Waals surface area contributed by atoms with Gasteiger partial charge in [-0.05, 0) is 31.7 Å². The van der Waals surface area contributed by atoms with Crippen molar-refractivity contribution >= 4 is 0 Å². The van der Waals surface area contributed by atoms with Crippen molar-refractivity contribution in [3.63, 3.8) is 0 Å². The van der Waals surface area contributed by atoms with Gasteiger partial charge in [-0.25, -0.2) is 0 Å². The second-order valence-electron chi connectivity index (χ2n) is 4.16. The molecule has 1 saturated heterocycles. The van der Waals surface area contributed by atoms with Crippen molar-refractivity contribution in [3.8, 4) is 0 Å². The van der Waals surface area contributed by atoms with E-state index in [2.05, 4.69) is 0 Å². The van der Waals surface area contributed by atoms with E-state index in [1.807, 2.05) is 0 Å². The first-order valence-corrected chi connectivity index (χ1v) is 5.33. The molecule has 3 nitrogen and oxygen atoms in total. The molecule has 3 heteroatoms. The molecule has 0 aromatic rings. The third kappa shape index (κ3) is 2.03. The number of hydrogen-bond donors (Lipinski definition) is 1. The summed E-state index contributed by atoms with van der Waals surface area (Å²) in [7, 11) is 0. The maximum absolute atomic E-state index is 5.76. The molecule has 1 aliphatic carbocycles. The fourth-order valence-corrected chi connectivity index (χ4v) is 2.38. The van der Waals surface area contributed by atoms with Crippen LogP contribution in [0.15, 0.2) is 0 Å². The summed E-state index contributed by atoms with van der Waals surface area (Å²) in [5, 5.41) is 0. The predicted octanol–water partition coefficient (Wildman–Crippen LogP) is 1.27. The lowest BCUT2D eigenvalue weighted by Gasteiger charge is -2.42. The molecule has 0 aromatic heterocycles. The van der Waals surface area contributed by atoms with Gasteiger partial charge in [-0.3, -0.25) is 0 Å². The molecule has 2 rings (SSSR count). The van der Waals surface area contributed by atoms with Crippen LogP contribution in [0.1, 0.15) is 32.1 Å². The second kappa shape index (κ2) is 3.95. The van der Waals surface area contributed by atoms with E-state index in [0.29, 0.717) is 5.92 Å². The topological polar surface area (TPSA) is 44.5 Å². The number of hydrogen-bond acceptors (Lipinski definition) is 3. The van der Waals surface area contributed by atoms with Crippen LogP contribution in [-0.4, -0.2) is 25.5 Å². The van der Waals surface area contributed by atoms with Gasteiger partial charge in [0.1, 0.15) is 0 Å². The molecule has 1 spiro atoms. The first-order chi connectivity index (χ1) is 6.35. The minimum absolute atomic E-state index is 0.249. The number of nitrogens with two attached hydrogens (primary N) is 1. The van der Waals surface area contributed by atoms with Gasteiger partial charge >= 0.3 is 0 Å². The molecule has 2 fully saturated rings. The maximum Gasteiger partial charge on any atom is 0.168 e. The maximum atomic E-state index is 5.76. The van der Waals surface area contributed by atoms with Crippen molar-refractivity contribution in [3.05, 3.63) is 0 Å². The first-order valence-electron chi connectivity index (χ1n) is 5.33. The molecule has 1 atom stereocenters. The van der Waals surface area contributed by atoms with E-state index in [0.717, 1.165) is 39.0 Å². The van der Waals surface area contributed by atoms with E-state index in [9.17, 15) is 0 Å². The van der Waals surface area contributed by atoms with Crippen molar-refractivity contribution < 1.29 is 9.47 Å². The standard InChI is InChI=1S/C10H19NO2/c11-8-9-3-1-4-10(7-9)12-5-2-6-13-10/h9H,1-8,11H2. The van der Waals surface area contributed by atoms with E-state index in [4.69, 9.17) is 15.2 Å². The van der Waals surface area contributed by atoms with Crippen LogP contribution in [0.2, 0.25) is 0 Å². The average molecular weight is 185 g/mol. The zero-order valence-electron chi connectivity index (χ0n) is 8.13. The minimum atomic E-state index is -0.249. The SMILES string of the molecule is NCC1CCCC2(C1)OCCCO2. The van der Waals surface area contributed by atoms with Crippen LogP contribution in [-0.2, 0) is 9.47 Å². The van der Waals surface area contributed by atoms with Gasteiger partial charge in [0.25, 0.3) is 0 Å². The Morgan fingerprint density at radius 1 is 1.23 bits per heavy atom. The predicted molar refractivity (Wildman–Crippen MR) is 50.3 cm³/mol. The van der Waals surface area contributed by atoms with Gasteiger partial charge in [-0.1, -0.05) is 0 Å². The van der Waals surface area contributed by atoms with Gasteiger partial charge in [0.05, 0.1) is 13.2 Å². The van der Waals surface area contributed by atoms with Crippen molar-refractivity contribution in [2.24, 2.45) is 11.7 Å². The smallest absolute Gasteiger partial charge is 0.168 e. The third-order valence-electron chi connectivity index (χ3n) is 3.12. The van der Waals surface area contributed by atoms with E-state index in [1.54, 1.807) is 0 Å². The lowest BCUT2D eigenvalue weighted by molar-refractivity contribution is -0.285. The highest BCUT2D eigenvalue weighted by molar-refractivity contribution is 4.82. The molecule has 0 aromatic carbocycles. The van der Waals surface area contributed by atoms with Crippen molar-refractivity contribution in [1.82, 2.24) is 0 Å². The van der Waals surface area contributed by atoms with Crippen LogP contribution in [0.3, 0.4) is 0 Å². The van der Waals surface area contributed by atoms with Gasteiger partial charge in [-0.2, -0.15) is 0 Å². The van der Waals surface area contributed by atoms with Crippen LogP contribution in [0, 0.1) is 5.92 Å². The Morgan fingerprint density at radius 3 is 2.69 bits per heavy atom. The van der Waals surface area contributed by atoms with Gasteiger partial charge in [0, 0.05) is 12.8 Å². The Morgan fingerprint density at radius 2 is 2.00 bits per heavy atom. The summed E-state index contributed by atoms with van der Waals surface area (Å²) >= 11 is 0. The van der Waals surface area contributed by atoms with E-state index in [-0.39, 0.29) is 5.79 Å². The Hall–Kier alpha value is -0.120. The molecule has 2 N–H and O–H groups in total. The van der Waals surface area contributed by atoms with Crippen LogP contribution in [0.25, 0.3) is 0 Å². The van der Waals surface area contributed by atoms with Crippen LogP contribution in [0.4, 0.5) is 0 Å². The Bertz CT molecular complexity index is 161. The van der Waals surface area contributed by atoms with Crippen molar-refractivity contribution in [2.45, 2.75) is 37.9 Å². The van der Waals surface area contributed by atoms with E-state index in [1.165, 1.54) is 12.8 Å². The van der Waals surface area contributed by atoms with Crippen LogP contribution < -0.4 is 5.73 Å². The molecule has 1 unspecified atom stereocenters. The Labute approximate surface area is 79.6 Å². The van der Waals surface area contributed by atoms with Crippen LogP contribution in [0.5, 0.6) is 0 Å². The lowest BCUT2D eigenvalue weighted by Crippen LogP contribution is -2.45. The molecular weight excluding hydrogens is 166 g/mol. The second-order valence-corrected chi connectivity index (χ2v) is 4.16. The fourth-order valence-electron chi connectivity index (χ4n) is 2.38. The summed E-state index contributed by atoms with van der Waals surface area (Å²) in [6.45, 7) is 2.49. The summed E-state index contributed by atoms with van der Waals surface area (Å²) in [6.07, 6.45) is 5.54. The minimum Gasteiger partial charge on any atom is -0.350 e. The highest BCUT2D eigenvalue weighted by Crippen LogP contribution is 2.37. The number of rotatable bonds is 1. The van der Waals surface area contributed by atoms with Crippen molar-refractivity contribution in [1.29, 1.82) is 0 Å². The Kier molecular flexibility index (Phi) is 2.86. The van der Waals surface area contributed by atoms with Gasteiger partial charge in [-0.15, -0.1) is 0 Å². The molecule has 1 saturated carbocycles. The molecule has 0 amide bonds. The van der Waals surface area contributed by atoms with E-state index >= 15 is 0 Å². The summed E-state index contributed by atoms with van der Waals surface area (Å²) < 4.78 is 11.5. The summed E-state index contributed by atoms with van der Waals surface area (Å²) in [6, 6.07) is 0. The van der Waals surface area contributed by atoms with Crippen LogP contribution >= 0.6 is 0 Å². The normalized spacial score (nSPS) is 33.5. The third-order valence-corrected chi connectivity index (χ3v) is 3.12. The summed E-state index contributed by atoms with van der Waals surface area (Å²) in [5.41, 5.74) is 5.68. The van der Waals surface area contributed by atoms with Crippen molar-refractivity contribution in [2.75, 3.05) is 19.8 Å². The van der Waals surface area contributed by atoms with Gasteiger partial charge < -0.3 is 15.2 Å². The monoisotopic (exact) mass is 185 g/mol.